The number of hydrogen-bond donors (Lipinski definition) is 3. The lowest BCUT2D eigenvalue weighted by molar-refractivity contribution is -0.134. The lowest BCUT2D eigenvalue weighted by atomic mass is 9.76. The minimum absolute atomic E-state index is 0.0197. The Labute approximate surface area is 122 Å². The smallest absolute Gasteiger partial charge is 0.239 e. The number of carbonyl (C=O) groups is 2. The predicted octanol–water partition coefficient (Wildman–Crippen LogP) is 1.04. The summed E-state index contributed by atoms with van der Waals surface area (Å²) in [5, 5.41) is 8.93. The average molecular weight is 283 g/mol. The third-order valence-corrected chi connectivity index (χ3v) is 3.80. The molecule has 3 N–H and O–H groups in total. The van der Waals surface area contributed by atoms with Gasteiger partial charge in [-0.1, -0.05) is 27.2 Å². The maximum absolute atomic E-state index is 12.4. The van der Waals surface area contributed by atoms with Gasteiger partial charge in [0.25, 0.3) is 0 Å². The van der Waals surface area contributed by atoms with Crippen LogP contribution in [-0.4, -0.2) is 38.0 Å². The molecule has 0 saturated carbocycles. The summed E-state index contributed by atoms with van der Waals surface area (Å²) < 4.78 is 0. The second-order valence-electron chi connectivity index (χ2n) is 6.19. The van der Waals surface area contributed by atoms with E-state index in [4.69, 9.17) is 0 Å². The van der Waals surface area contributed by atoms with E-state index in [2.05, 4.69) is 22.9 Å². The molecular formula is C15H29N3O2. The Morgan fingerprint density at radius 1 is 1.30 bits per heavy atom. The molecule has 1 saturated heterocycles. The zero-order chi connectivity index (χ0) is 15.0. The monoisotopic (exact) mass is 283 g/mol. The van der Waals surface area contributed by atoms with E-state index in [0.717, 1.165) is 38.8 Å². The van der Waals surface area contributed by atoms with Gasteiger partial charge >= 0.3 is 0 Å². The molecule has 116 valence electrons. The molecule has 0 aromatic carbocycles. The molecule has 0 spiro atoms. The first-order valence-corrected chi connectivity index (χ1v) is 7.76. The van der Waals surface area contributed by atoms with E-state index in [1.807, 2.05) is 13.8 Å². The molecule has 1 heterocycles. The first kappa shape index (κ1) is 17.0. The van der Waals surface area contributed by atoms with Gasteiger partial charge in [0, 0.05) is 13.1 Å². The van der Waals surface area contributed by atoms with Gasteiger partial charge in [-0.2, -0.15) is 0 Å². The molecule has 2 amide bonds. The molecule has 0 radical (unpaired) electrons. The zero-order valence-electron chi connectivity index (χ0n) is 13.1. The topological polar surface area (TPSA) is 70.2 Å². The van der Waals surface area contributed by atoms with Gasteiger partial charge in [-0.05, 0) is 31.7 Å². The Morgan fingerprint density at radius 2 is 2.05 bits per heavy atom. The van der Waals surface area contributed by atoms with E-state index in [1.54, 1.807) is 0 Å². The molecule has 1 fully saturated rings. The van der Waals surface area contributed by atoms with Gasteiger partial charge in [0.2, 0.25) is 11.8 Å². The van der Waals surface area contributed by atoms with E-state index in [0.29, 0.717) is 12.5 Å². The third kappa shape index (κ3) is 5.12. The number of carbonyl (C=O) groups excluding carboxylic acids is 2. The number of hydrogen-bond acceptors (Lipinski definition) is 3. The highest BCUT2D eigenvalue weighted by Gasteiger charge is 2.38. The van der Waals surface area contributed by atoms with Crippen molar-refractivity contribution in [3.63, 3.8) is 0 Å². The summed E-state index contributed by atoms with van der Waals surface area (Å²) in [6, 6.07) is 0. The first-order valence-electron chi connectivity index (χ1n) is 7.76. The van der Waals surface area contributed by atoms with Crippen molar-refractivity contribution in [2.24, 2.45) is 11.3 Å². The molecule has 0 bridgehead atoms. The van der Waals surface area contributed by atoms with Crippen LogP contribution in [0.3, 0.4) is 0 Å². The molecule has 1 aliphatic rings. The first-order chi connectivity index (χ1) is 9.50. The van der Waals surface area contributed by atoms with Crippen molar-refractivity contribution < 1.29 is 9.59 Å². The molecule has 5 heteroatoms. The lowest BCUT2D eigenvalue weighted by Gasteiger charge is -2.36. The third-order valence-electron chi connectivity index (χ3n) is 3.80. The summed E-state index contributed by atoms with van der Waals surface area (Å²) in [7, 11) is 0. The van der Waals surface area contributed by atoms with E-state index in [1.165, 1.54) is 0 Å². The summed E-state index contributed by atoms with van der Waals surface area (Å²) in [5.74, 6) is 0.331. The van der Waals surface area contributed by atoms with Crippen molar-refractivity contribution in [2.45, 2.75) is 46.5 Å². The summed E-state index contributed by atoms with van der Waals surface area (Å²) in [6.07, 6.45) is 3.79. The van der Waals surface area contributed by atoms with Crippen molar-refractivity contribution in [3.05, 3.63) is 0 Å². The minimum atomic E-state index is -0.328. The highest BCUT2D eigenvalue weighted by Crippen LogP contribution is 2.31. The fourth-order valence-corrected chi connectivity index (χ4v) is 2.70. The Bertz CT molecular complexity index is 318. The van der Waals surface area contributed by atoms with E-state index < -0.39 is 0 Å². The summed E-state index contributed by atoms with van der Waals surface area (Å²) in [4.78, 5) is 24.1. The molecule has 0 aromatic heterocycles. The molecule has 0 aliphatic carbocycles. The molecule has 1 atom stereocenters. The number of nitrogens with one attached hydrogen (secondary N) is 3. The van der Waals surface area contributed by atoms with Crippen LogP contribution in [0.15, 0.2) is 0 Å². The van der Waals surface area contributed by atoms with E-state index >= 15 is 0 Å². The average Bonchev–Trinajstić information content (AvgIpc) is 2.43. The largest absolute Gasteiger partial charge is 0.354 e. The molecule has 5 nitrogen and oxygen atoms in total. The van der Waals surface area contributed by atoms with Gasteiger partial charge < -0.3 is 16.0 Å². The fraction of sp³-hybridized carbons (Fsp3) is 0.867. The molecule has 20 heavy (non-hydrogen) atoms. The van der Waals surface area contributed by atoms with Crippen LogP contribution in [0.25, 0.3) is 0 Å². The standard InChI is InChI=1S/C15H29N3O2/c1-4-6-15(7-5-8-16-11-15)14(20)18-10-13(19)17-9-12(2)3/h12,16H,4-11H2,1-3H3,(H,17,19)(H,18,20). The fourth-order valence-electron chi connectivity index (χ4n) is 2.70. The summed E-state index contributed by atoms with van der Waals surface area (Å²) >= 11 is 0. The molecule has 1 rings (SSSR count). The van der Waals surface area contributed by atoms with E-state index in [9.17, 15) is 9.59 Å². The van der Waals surface area contributed by atoms with Crippen LogP contribution in [-0.2, 0) is 9.59 Å². The van der Waals surface area contributed by atoms with Gasteiger partial charge in [-0.15, -0.1) is 0 Å². The minimum Gasteiger partial charge on any atom is -0.354 e. The second-order valence-corrected chi connectivity index (χ2v) is 6.19. The van der Waals surface area contributed by atoms with Gasteiger partial charge in [0.1, 0.15) is 0 Å². The molecular weight excluding hydrogens is 254 g/mol. The Balaban J connectivity index is 2.44. The van der Waals surface area contributed by atoms with Crippen molar-refractivity contribution >= 4 is 11.8 Å². The van der Waals surface area contributed by atoms with Gasteiger partial charge in [0.15, 0.2) is 0 Å². The van der Waals surface area contributed by atoms with Crippen LogP contribution >= 0.6 is 0 Å². The van der Waals surface area contributed by atoms with E-state index in [-0.39, 0.29) is 23.8 Å². The molecule has 0 aromatic rings. The Hall–Kier alpha value is -1.10. The maximum atomic E-state index is 12.4. The van der Waals surface area contributed by atoms with Crippen LogP contribution in [0.2, 0.25) is 0 Å². The second kappa shape index (κ2) is 8.25. The van der Waals surface area contributed by atoms with Gasteiger partial charge in [-0.3, -0.25) is 9.59 Å². The van der Waals surface area contributed by atoms with Crippen molar-refractivity contribution in [2.75, 3.05) is 26.2 Å². The van der Waals surface area contributed by atoms with Crippen molar-refractivity contribution in [1.82, 2.24) is 16.0 Å². The lowest BCUT2D eigenvalue weighted by Crippen LogP contribution is -2.52. The highest BCUT2D eigenvalue weighted by molar-refractivity contribution is 5.88. The summed E-state index contributed by atoms with van der Waals surface area (Å²) in [6.45, 7) is 8.62. The van der Waals surface area contributed by atoms with Gasteiger partial charge in [0.05, 0.1) is 12.0 Å². The number of piperidine rings is 1. The highest BCUT2D eigenvalue weighted by atomic mass is 16.2. The van der Waals surface area contributed by atoms with Crippen LogP contribution in [0, 0.1) is 11.3 Å². The molecule has 1 aliphatic heterocycles. The normalized spacial score (nSPS) is 22.6. The number of rotatable bonds is 7. The maximum Gasteiger partial charge on any atom is 0.239 e. The zero-order valence-corrected chi connectivity index (χ0v) is 13.1. The van der Waals surface area contributed by atoms with Gasteiger partial charge in [-0.25, -0.2) is 0 Å². The van der Waals surface area contributed by atoms with Crippen LogP contribution in [0.4, 0.5) is 0 Å². The predicted molar refractivity (Wildman–Crippen MR) is 80.3 cm³/mol. The number of amides is 2. The van der Waals surface area contributed by atoms with Crippen molar-refractivity contribution in [3.8, 4) is 0 Å². The quantitative estimate of drug-likeness (QED) is 0.654. The Morgan fingerprint density at radius 3 is 2.60 bits per heavy atom. The Kier molecular flexibility index (Phi) is 6.99. The molecule has 1 unspecified atom stereocenters. The SMILES string of the molecule is CCCC1(C(=O)NCC(=O)NCC(C)C)CCCNC1. The van der Waals surface area contributed by atoms with Crippen molar-refractivity contribution in [1.29, 1.82) is 0 Å². The van der Waals surface area contributed by atoms with Crippen LogP contribution < -0.4 is 16.0 Å². The summed E-state index contributed by atoms with van der Waals surface area (Å²) in [5.41, 5.74) is -0.328. The van der Waals surface area contributed by atoms with Crippen LogP contribution in [0.5, 0.6) is 0 Å². The van der Waals surface area contributed by atoms with Crippen LogP contribution in [0.1, 0.15) is 46.5 Å².